The van der Waals surface area contributed by atoms with Crippen LogP contribution in [0.15, 0.2) is 30.3 Å². The molecule has 1 aromatic rings. The molecule has 3 nitrogen and oxygen atoms in total. The number of hydrogen-bond donors (Lipinski definition) is 2. The molecule has 88 valence electrons. The van der Waals surface area contributed by atoms with Crippen molar-refractivity contribution in [1.29, 1.82) is 0 Å². The van der Waals surface area contributed by atoms with Crippen LogP contribution in [0.25, 0.3) is 0 Å². The Labute approximate surface area is 97.8 Å². The molecule has 0 aliphatic carbocycles. The SMILES string of the molecule is C[C@@H](C[NH3+])[NH+]1CCN(c2ccccc2)CC1. The number of para-hydroxylation sites is 1. The molecule has 1 aliphatic heterocycles. The van der Waals surface area contributed by atoms with E-state index in [1.54, 1.807) is 4.90 Å². The zero-order chi connectivity index (χ0) is 11.4. The minimum atomic E-state index is 0.706. The Balaban J connectivity index is 1.91. The largest absolute Gasteiger partial charge is 0.360 e. The molecule has 0 amide bonds. The summed E-state index contributed by atoms with van der Waals surface area (Å²) in [4.78, 5) is 4.20. The number of hydrogen-bond acceptors (Lipinski definition) is 1. The van der Waals surface area contributed by atoms with Gasteiger partial charge >= 0.3 is 0 Å². The molecular formula is C13H23N3+2. The fourth-order valence-electron chi connectivity index (χ4n) is 2.39. The van der Waals surface area contributed by atoms with Gasteiger partial charge in [0.15, 0.2) is 0 Å². The van der Waals surface area contributed by atoms with Crippen LogP contribution in [0.5, 0.6) is 0 Å². The van der Waals surface area contributed by atoms with Crippen LogP contribution in [0.4, 0.5) is 5.69 Å². The first-order chi connectivity index (χ1) is 7.81. The van der Waals surface area contributed by atoms with Crippen molar-refractivity contribution in [2.75, 3.05) is 37.6 Å². The second kappa shape index (κ2) is 5.32. The third kappa shape index (κ3) is 2.54. The molecule has 1 aliphatic rings. The number of anilines is 1. The zero-order valence-corrected chi connectivity index (χ0v) is 10.2. The third-order valence-corrected chi connectivity index (χ3v) is 3.66. The standard InChI is InChI=1S/C13H21N3/c1-12(11-14)15-7-9-16(10-8-15)13-5-3-2-4-6-13/h2-6,12H,7-11,14H2,1H3/p+2/t12-/m0/s1. The van der Waals surface area contributed by atoms with Crippen molar-refractivity contribution in [2.45, 2.75) is 13.0 Å². The van der Waals surface area contributed by atoms with Crippen LogP contribution in [0.3, 0.4) is 0 Å². The highest BCUT2D eigenvalue weighted by atomic mass is 15.3. The summed E-state index contributed by atoms with van der Waals surface area (Å²) in [5.41, 5.74) is 5.37. The maximum absolute atomic E-state index is 4.00. The Morgan fingerprint density at radius 3 is 2.44 bits per heavy atom. The molecule has 0 spiro atoms. The van der Waals surface area contributed by atoms with Gasteiger partial charge in [-0.05, 0) is 19.1 Å². The van der Waals surface area contributed by atoms with E-state index >= 15 is 0 Å². The molecule has 3 heteroatoms. The molecule has 0 saturated carbocycles. The van der Waals surface area contributed by atoms with Crippen LogP contribution < -0.4 is 15.5 Å². The first kappa shape index (κ1) is 11.4. The van der Waals surface area contributed by atoms with Gasteiger partial charge in [-0.15, -0.1) is 0 Å². The summed E-state index contributed by atoms with van der Waals surface area (Å²) in [5, 5.41) is 0. The van der Waals surface area contributed by atoms with Crippen LogP contribution in [-0.4, -0.2) is 38.8 Å². The van der Waals surface area contributed by atoms with Gasteiger partial charge in [0, 0.05) is 5.69 Å². The fourth-order valence-corrected chi connectivity index (χ4v) is 2.39. The van der Waals surface area contributed by atoms with Gasteiger partial charge in [-0.2, -0.15) is 0 Å². The van der Waals surface area contributed by atoms with Gasteiger partial charge in [0.05, 0.1) is 26.2 Å². The monoisotopic (exact) mass is 221 g/mol. The Morgan fingerprint density at radius 1 is 1.25 bits per heavy atom. The highest BCUT2D eigenvalue weighted by molar-refractivity contribution is 5.45. The van der Waals surface area contributed by atoms with E-state index in [9.17, 15) is 0 Å². The van der Waals surface area contributed by atoms with Gasteiger partial charge in [0.2, 0.25) is 0 Å². The second-order valence-corrected chi connectivity index (χ2v) is 4.67. The summed E-state index contributed by atoms with van der Waals surface area (Å²) in [6.07, 6.45) is 0. The quantitative estimate of drug-likeness (QED) is 0.676. The molecule has 16 heavy (non-hydrogen) atoms. The lowest BCUT2D eigenvalue weighted by Crippen LogP contribution is -3.19. The van der Waals surface area contributed by atoms with Gasteiger partial charge in [-0.3, -0.25) is 0 Å². The normalized spacial score (nSPS) is 19.8. The molecule has 0 radical (unpaired) electrons. The van der Waals surface area contributed by atoms with Crippen LogP contribution in [0, 0.1) is 0 Å². The average Bonchev–Trinajstić information content (AvgIpc) is 2.39. The number of nitrogens with zero attached hydrogens (tertiary/aromatic N) is 1. The molecule has 1 atom stereocenters. The number of nitrogens with one attached hydrogen (secondary N) is 1. The van der Waals surface area contributed by atoms with E-state index in [4.69, 9.17) is 0 Å². The molecule has 1 fully saturated rings. The summed E-state index contributed by atoms with van der Waals surface area (Å²) in [6, 6.07) is 11.4. The highest BCUT2D eigenvalue weighted by Gasteiger charge is 2.24. The molecule has 1 saturated heterocycles. The minimum absolute atomic E-state index is 0.706. The van der Waals surface area contributed by atoms with Crippen molar-refractivity contribution in [3.05, 3.63) is 30.3 Å². The Bertz CT molecular complexity index is 304. The summed E-state index contributed by atoms with van der Waals surface area (Å²) in [6.45, 7) is 8.17. The van der Waals surface area contributed by atoms with Crippen LogP contribution >= 0.6 is 0 Å². The Hall–Kier alpha value is -1.06. The van der Waals surface area contributed by atoms with E-state index in [2.05, 4.69) is 47.9 Å². The maximum atomic E-state index is 4.00. The summed E-state index contributed by atoms with van der Waals surface area (Å²) < 4.78 is 0. The van der Waals surface area contributed by atoms with E-state index in [0.29, 0.717) is 6.04 Å². The summed E-state index contributed by atoms with van der Waals surface area (Å²) in [5.74, 6) is 0. The molecular weight excluding hydrogens is 198 g/mol. The van der Waals surface area contributed by atoms with Gasteiger partial charge in [-0.1, -0.05) is 18.2 Å². The topological polar surface area (TPSA) is 35.3 Å². The molecule has 2 rings (SSSR count). The molecule has 4 N–H and O–H groups in total. The Kier molecular flexibility index (Phi) is 3.80. The van der Waals surface area contributed by atoms with Crippen molar-refractivity contribution in [3.8, 4) is 0 Å². The number of quaternary nitrogens is 2. The molecule has 1 heterocycles. The number of rotatable bonds is 3. The lowest BCUT2D eigenvalue weighted by molar-refractivity contribution is -0.929. The van der Waals surface area contributed by atoms with Crippen LogP contribution in [0.1, 0.15) is 6.92 Å². The predicted molar refractivity (Wildman–Crippen MR) is 66.6 cm³/mol. The van der Waals surface area contributed by atoms with Crippen LogP contribution in [-0.2, 0) is 0 Å². The van der Waals surface area contributed by atoms with Gasteiger partial charge < -0.3 is 15.5 Å². The third-order valence-electron chi connectivity index (χ3n) is 3.66. The second-order valence-electron chi connectivity index (χ2n) is 4.67. The van der Waals surface area contributed by atoms with Crippen molar-refractivity contribution in [2.24, 2.45) is 0 Å². The van der Waals surface area contributed by atoms with Crippen LogP contribution in [0.2, 0.25) is 0 Å². The number of benzene rings is 1. The van der Waals surface area contributed by atoms with Crippen molar-refractivity contribution >= 4 is 5.69 Å². The Morgan fingerprint density at radius 2 is 1.88 bits per heavy atom. The lowest BCUT2D eigenvalue weighted by atomic mass is 10.2. The lowest BCUT2D eigenvalue weighted by Gasteiger charge is -2.35. The smallest absolute Gasteiger partial charge is 0.134 e. The van der Waals surface area contributed by atoms with E-state index in [1.165, 1.54) is 31.9 Å². The summed E-state index contributed by atoms with van der Waals surface area (Å²) in [7, 11) is 0. The minimum Gasteiger partial charge on any atom is -0.360 e. The van der Waals surface area contributed by atoms with E-state index in [0.717, 1.165) is 6.54 Å². The van der Waals surface area contributed by atoms with Gasteiger partial charge in [-0.25, -0.2) is 0 Å². The van der Waals surface area contributed by atoms with Crippen molar-refractivity contribution < 1.29 is 10.6 Å². The molecule has 1 aromatic carbocycles. The average molecular weight is 221 g/mol. The zero-order valence-electron chi connectivity index (χ0n) is 10.2. The number of piperazine rings is 1. The molecule has 0 unspecified atom stereocenters. The first-order valence-corrected chi connectivity index (χ1v) is 6.25. The first-order valence-electron chi connectivity index (χ1n) is 6.25. The highest BCUT2D eigenvalue weighted by Crippen LogP contribution is 2.12. The fraction of sp³-hybridized carbons (Fsp3) is 0.538. The predicted octanol–water partition coefficient (Wildman–Crippen LogP) is -0.978. The molecule has 0 bridgehead atoms. The van der Waals surface area contributed by atoms with Gasteiger partial charge in [0.25, 0.3) is 0 Å². The van der Waals surface area contributed by atoms with E-state index < -0.39 is 0 Å². The van der Waals surface area contributed by atoms with E-state index in [1.807, 2.05) is 0 Å². The molecule has 0 aromatic heterocycles. The van der Waals surface area contributed by atoms with Crippen molar-refractivity contribution in [3.63, 3.8) is 0 Å². The van der Waals surface area contributed by atoms with E-state index in [-0.39, 0.29) is 0 Å². The maximum Gasteiger partial charge on any atom is 0.134 e. The van der Waals surface area contributed by atoms with Crippen molar-refractivity contribution in [1.82, 2.24) is 0 Å². The summed E-state index contributed by atoms with van der Waals surface area (Å²) >= 11 is 0. The van der Waals surface area contributed by atoms with Gasteiger partial charge in [0.1, 0.15) is 12.6 Å².